The molecule has 6 nitrogen and oxygen atoms in total. The number of hydrogen-bond acceptors (Lipinski definition) is 5. The largest absolute Gasteiger partial charge is 0.465 e. The van der Waals surface area contributed by atoms with Gasteiger partial charge in [0.25, 0.3) is 0 Å². The smallest absolute Gasteiger partial charge is 0.337 e. The molecule has 0 amide bonds. The first kappa shape index (κ1) is 16.6. The van der Waals surface area contributed by atoms with Crippen molar-refractivity contribution in [3.8, 4) is 0 Å². The van der Waals surface area contributed by atoms with Gasteiger partial charge in [-0.1, -0.05) is 19.1 Å². The fourth-order valence-electron chi connectivity index (χ4n) is 1.67. The second-order valence-electron chi connectivity index (χ2n) is 4.41. The fraction of sp³-hybridized carbons (Fsp3) is 0.462. The van der Waals surface area contributed by atoms with Crippen LogP contribution in [0.15, 0.2) is 24.3 Å². The predicted octanol–water partition coefficient (Wildman–Crippen LogP) is 0.630. The van der Waals surface area contributed by atoms with Gasteiger partial charge < -0.3 is 10.5 Å². The van der Waals surface area contributed by atoms with Crippen molar-refractivity contribution in [3.63, 3.8) is 0 Å². The lowest BCUT2D eigenvalue weighted by molar-refractivity contribution is 0.0600. The summed E-state index contributed by atoms with van der Waals surface area (Å²) in [6.45, 7) is 2.13. The summed E-state index contributed by atoms with van der Waals surface area (Å²) in [5.41, 5.74) is 6.45. The average molecular weight is 300 g/mol. The van der Waals surface area contributed by atoms with Crippen molar-refractivity contribution in [2.24, 2.45) is 5.73 Å². The van der Waals surface area contributed by atoms with E-state index in [-0.39, 0.29) is 18.3 Å². The molecule has 0 aliphatic carbocycles. The highest BCUT2D eigenvalue weighted by Crippen LogP contribution is 2.09. The number of nitrogens with two attached hydrogens (primary N) is 1. The molecule has 20 heavy (non-hydrogen) atoms. The third-order valence-corrected chi connectivity index (χ3v) is 4.26. The van der Waals surface area contributed by atoms with Gasteiger partial charge in [0.1, 0.15) is 0 Å². The van der Waals surface area contributed by atoms with E-state index in [0.717, 1.165) is 0 Å². The van der Waals surface area contributed by atoms with Gasteiger partial charge in [-0.25, -0.2) is 17.9 Å². The summed E-state index contributed by atoms with van der Waals surface area (Å²) in [6, 6.07) is 6.01. The van der Waals surface area contributed by atoms with Crippen molar-refractivity contribution >= 4 is 16.0 Å². The first-order valence-electron chi connectivity index (χ1n) is 6.29. The van der Waals surface area contributed by atoms with E-state index in [1.54, 1.807) is 12.1 Å². The van der Waals surface area contributed by atoms with Gasteiger partial charge in [0, 0.05) is 12.6 Å². The van der Waals surface area contributed by atoms with Crippen LogP contribution in [0.4, 0.5) is 0 Å². The van der Waals surface area contributed by atoms with Crippen LogP contribution in [-0.2, 0) is 20.5 Å². The van der Waals surface area contributed by atoms with Crippen molar-refractivity contribution in [1.29, 1.82) is 0 Å². The van der Waals surface area contributed by atoms with E-state index in [0.29, 0.717) is 17.5 Å². The van der Waals surface area contributed by atoms with Crippen LogP contribution in [-0.4, -0.2) is 34.1 Å². The summed E-state index contributed by atoms with van der Waals surface area (Å²) in [5, 5.41) is 0. The highest BCUT2D eigenvalue weighted by molar-refractivity contribution is 7.88. The number of carbonyl (C=O) groups excluding carboxylic acids is 1. The van der Waals surface area contributed by atoms with Gasteiger partial charge >= 0.3 is 5.97 Å². The van der Waals surface area contributed by atoms with Crippen molar-refractivity contribution < 1.29 is 17.9 Å². The van der Waals surface area contributed by atoms with Crippen molar-refractivity contribution in [3.05, 3.63) is 35.4 Å². The van der Waals surface area contributed by atoms with Crippen LogP contribution in [0.25, 0.3) is 0 Å². The molecule has 1 aromatic carbocycles. The Balaban J connectivity index is 2.75. The summed E-state index contributed by atoms with van der Waals surface area (Å²) >= 11 is 0. The zero-order valence-corrected chi connectivity index (χ0v) is 12.4. The van der Waals surface area contributed by atoms with Gasteiger partial charge in [-0.05, 0) is 24.1 Å². The SMILES string of the molecule is CCC(CN)NS(=O)(=O)Cc1ccc(C(=O)OC)cc1. The monoisotopic (exact) mass is 300 g/mol. The highest BCUT2D eigenvalue weighted by atomic mass is 32.2. The number of methoxy groups -OCH3 is 1. The molecule has 1 atom stereocenters. The molecule has 0 heterocycles. The van der Waals surface area contributed by atoms with Crippen molar-refractivity contribution in [1.82, 2.24) is 4.72 Å². The maximum absolute atomic E-state index is 11.9. The number of rotatable bonds is 7. The Hall–Kier alpha value is -1.44. The van der Waals surface area contributed by atoms with E-state index in [1.165, 1.54) is 19.2 Å². The molecule has 0 aliphatic heterocycles. The molecule has 0 saturated carbocycles. The van der Waals surface area contributed by atoms with Crippen LogP contribution in [0.2, 0.25) is 0 Å². The Morgan fingerprint density at radius 3 is 2.40 bits per heavy atom. The molecule has 0 spiro atoms. The Bertz CT molecular complexity index is 536. The lowest BCUT2D eigenvalue weighted by Crippen LogP contribution is -2.40. The van der Waals surface area contributed by atoms with Gasteiger partial charge in [-0.3, -0.25) is 0 Å². The maximum atomic E-state index is 11.9. The number of ether oxygens (including phenoxy) is 1. The molecule has 0 fully saturated rings. The minimum absolute atomic E-state index is 0.148. The molecule has 0 radical (unpaired) electrons. The van der Waals surface area contributed by atoms with Crippen molar-refractivity contribution in [2.75, 3.05) is 13.7 Å². The Labute approximate surface area is 119 Å². The molecule has 0 saturated heterocycles. The van der Waals surface area contributed by atoms with E-state index in [1.807, 2.05) is 6.92 Å². The van der Waals surface area contributed by atoms with E-state index in [9.17, 15) is 13.2 Å². The second kappa shape index (κ2) is 7.37. The zero-order valence-electron chi connectivity index (χ0n) is 11.6. The normalized spacial score (nSPS) is 12.9. The molecule has 112 valence electrons. The second-order valence-corrected chi connectivity index (χ2v) is 6.16. The molecule has 7 heteroatoms. The summed E-state index contributed by atoms with van der Waals surface area (Å²) in [5.74, 6) is -0.600. The fourth-order valence-corrected chi connectivity index (χ4v) is 3.15. The number of sulfonamides is 1. The predicted molar refractivity (Wildman–Crippen MR) is 76.7 cm³/mol. The van der Waals surface area contributed by atoms with Gasteiger partial charge in [0.15, 0.2) is 0 Å². The maximum Gasteiger partial charge on any atom is 0.337 e. The van der Waals surface area contributed by atoms with E-state index in [4.69, 9.17) is 5.73 Å². The van der Waals surface area contributed by atoms with Crippen LogP contribution in [0.3, 0.4) is 0 Å². The molecular weight excluding hydrogens is 280 g/mol. The zero-order chi connectivity index (χ0) is 15.2. The molecule has 0 aliphatic rings. The number of carbonyl (C=O) groups is 1. The third kappa shape index (κ3) is 4.92. The molecule has 0 bridgehead atoms. The molecule has 1 aromatic rings. The first-order valence-corrected chi connectivity index (χ1v) is 7.94. The molecule has 1 unspecified atom stereocenters. The van der Waals surface area contributed by atoms with Gasteiger partial charge in [0.05, 0.1) is 18.4 Å². The van der Waals surface area contributed by atoms with Gasteiger partial charge in [0.2, 0.25) is 10.0 Å². The minimum atomic E-state index is -3.44. The topological polar surface area (TPSA) is 98.5 Å². The number of hydrogen-bond donors (Lipinski definition) is 2. The molecule has 3 N–H and O–H groups in total. The van der Waals surface area contributed by atoms with Crippen LogP contribution in [0, 0.1) is 0 Å². The Morgan fingerprint density at radius 1 is 1.35 bits per heavy atom. The lowest BCUT2D eigenvalue weighted by Gasteiger charge is -2.14. The van der Waals surface area contributed by atoms with Gasteiger partial charge in [-0.15, -0.1) is 0 Å². The van der Waals surface area contributed by atoms with Crippen LogP contribution < -0.4 is 10.5 Å². The first-order chi connectivity index (χ1) is 9.41. The van der Waals surface area contributed by atoms with Crippen molar-refractivity contribution in [2.45, 2.75) is 25.1 Å². The van der Waals surface area contributed by atoms with Crippen LogP contribution >= 0.6 is 0 Å². The minimum Gasteiger partial charge on any atom is -0.465 e. The molecule has 0 aromatic heterocycles. The number of nitrogens with one attached hydrogen (secondary N) is 1. The highest BCUT2D eigenvalue weighted by Gasteiger charge is 2.16. The number of benzene rings is 1. The van der Waals surface area contributed by atoms with Gasteiger partial charge in [-0.2, -0.15) is 0 Å². The summed E-state index contributed by atoms with van der Waals surface area (Å²) in [7, 11) is -2.15. The quantitative estimate of drug-likeness (QED) is 0.720. The van der Waals surface area contributed by atoms with Crippen LogP contribution in [0.5, 0.6) is 0 Å². The van der Waals surface area contributed by atoms with E-state index >= 15 is 0 Å². The molecule has 1 rings (SSSR count). The summed E-state index contributed by atoms with van der Waals surface area (Å²) < 4.78 is 31.0. The summed E-state index contributed by atoms with van der Waals surface area (Å²) in [6.07, 6.45) is 0.636. The summed E-state index contributed by atoms with van der Waals surface area (Å²) in [4.78, 5) is 11.3. The Kier molecular flexibility index (Phi) is 6.12. The molecular formula is C13H20N2O4S. The van der Waals surface area contributed by atoms with E-state index in [2.05, 4.69) is 9.46 Å². The van der Waals surface area contributed by atoms with Crippen LogP contribution in [0.1, 0.15) is 29.3 Å². The third-order valence-electron chi connectivity index (χ3n) is 2.86. The number of esters is 1. The Morgan fingerprint density at radius 2 is 1.95 bits per heavy atom. The average Bonchev–Trinajstić information content (AvgIpc) is 2.44. The standard InChI is InChI=1S/C13H20N2O4S/c1-3-12(8-14)15-20(17,18)9-10-4-6-11(7-5-10)13(16)19-2/h4-7,12,15H,3,8-9,14H2,1-2H3. The lowest BCUT2D eigenvalue weighted by atomic mass is 10.1. The van der Waals surface area contributed by atoms with E-state index < -0.39 is 16.0 Å².